The molecular weight excluding hydrogens is 432 g/mol. The van der Waals surface area contributed by atoms with Gasteiger partial charge in [-0.15, -0.1) is 0 Å². The van der Waals surface area contributed by atoms with Crippen LogP contribution in [0.4, 0.5) is 14.5 Å². The van der Waals surface area contributed by atoms with E-state index in [1.807, 2.05) is 0 Å². The lowest BCUT2D eigenvalue weighted by atomic mass is 9.99. The maximum Gasteiger partial charge on any atom is 0.300 e. The first-order chi connectivity index (χ1) is 14.8. The molecule has 9 heteroatoms. The maximum absolute atomic E-state index is 13.9. The van der Waals surface area contributed by atoms with Crippen molar-refractivity contribution in [1.82, 2.24) is 0 Å². The van der Waals surface area contributed by atoms with Gasteiger partial charge in [0, 0.05) is 17.3 Å². The average molecular weight is 446 g/mol. The molecule has 0 aliphatic carbocycles. The molecule has 1 fully saturated rings. The predicted octanol–water partition coefficient (Wildman–Crippen LogP) is 4.85. The number of halogens is 3. The summed E-state index contributed by atoms with van der Waals surface area (Å²) in [5, 5.41) is 11.2. The van der Waals surface area contributed by atoms with Gasteiger partial charge in [-0.25, -0.2) is 8.78 Å². The molecule has 1 aromatic heterocycles. The molecule has 2 heterocycles. The van der Waals surface area contributed by atoms with E-state index >= 15 is 0 Å². The highest BCUT2D eigenvalue weighted by molar-refractivity contribution is 6.51. The lowest BCUT2D eigenvalue weighted by Crippen LogP contribution is -2.29. The zero-order chi connectivity index (χ0) is 22.3. The van der Waals surface area contributed by atoms with Crippen LogP contribution in [0, 0.1) is 11.6 Å². The van der Waals surface area contributed by atoms with Gasteiger partial charge in [0.25, 0.3) is 11.7 Å². The number of methoxy groups -OCH3 is 1. The van der Waals surface area contributed by atoms with Crippen molar-refractivity contribution in [2.45, 2.75) is 6.04 Å². The number of nitrogens with zero attached hydrogens (tertiary/aromatic N) is 1. The van der Waals surface area contributed by atoms with Crippen LogP contribution >= 0.6 is 11.6 Å². The molecule has 0 saturated carbocycles. The molecule has 158 valence electrons. The van der Waals surface area contributed by atoms with Crippen LogP contribution in [0.5, 0.6) is 5.75 Å². The van der Waals surface area contributed by atoms with Gasteiger partial charge >= 0.3 is 0 Å². The SMILES string of the molecule is COc1cc(/C(O)=C2/C(=O)C(=O)N(c3ccc(F)c(F)c3)C2c2ccco2)ccc1Cl. The van der Waals surface area contributed by atoms with Crippen molar-refractivity contribution in [3.05, 3.63) is 88.3 Å². The lowest BCUT2D eigenvalue weighted by Gasteiger charge is -2.23. The van der Waals surface area contributed by atoms with Gasteiger partial charge in [0.1, 0.15) is 23.3 Å². The number of hydrogen-bond acceptors (Lipinski definition) is 5. The fourth-order valence-electron chi connectivity index (χ4n) is 3.41. The highest BCUT2D eigenvalue weighted by Gasteiger charge is 2.48. The summed E-state index contributed by atoms with van der Waals surface area (Å²) in [5.74, 6) is -4.46. The van der Waals surface area contributed by atoms with Crippen LogP contribution in [-0.4, -0.2) is 23.9 Å². The largest absolute Gasteiger partial charge is 0.507 e. The van der Waals surface area contributed by atoms with Gasteiger partial charge in [0.15, 0.2) is 11.6 Å². The minimum absolute atomic E-state index is 0.0739. The Morgan fingerprint density at radius 2 is 1.90 bits per heavy atom. The standard InChI is InChI=1S/C22H14ClF2NO5/c1-30-17-9-11(4-6-13(17)23)20(27)18-19(16-3-2-8-31-16)26(22(29)21(18)28)12-5-7-14(24)15(25)10-12/h2-10,19,27H,1H3/b20-18-. The molecule has 0 bridgehead atoms. The molecule has 3 aromatic rings. The fourth-order valence-corrected chi connectivity index (χ4v) is 3.61. The Labute approximate surface area is 179 Å². The third-order valence-electron chi connectivity index (χ3n) is 4.86. The summed E-state index contributed by atoms with van der Waals surface area (Å²) >= 11 is 6.02. The van der Waals surface area contributed by atoms with Crippen molar-refractivity contribution >= 4 is 34.7 Å². The molecule has 1 saturated heterocycles. The summed E-state index contributed by atoms with van der Waals surface area (Å²) in [5.41, 5.74) is -0.190. The molecule has 1 amide bonds. The van der Waals surface area contributed by atoms with Crippen LogP contribution in [0.1, 0.15) is 17.4 Å². The number of furan rings is 1. The molecule has 31 heavy (non-hydrogen) atoms. The van der Waals surface area contributed by atoms with E-state index in [-0.39, 0.29) is 33.4 Å². The number of benzene rings is 2. The number of Topliss-reactive ketones (excluding diaryl/α,β-unsaturated/α-hetero) is 1. The molecule has 2 aromatic carbocycles. The molecule has 1 atom stereocenters. The molecule has 0 spiro atoms. The van der Waals surface area contributed by atoms with Crippen LogP contribution in [0.3, 0.4) is 0 Å². The zero-order valence-electron chi connectivity index (χ0n) is 15.9. The first-order valence-electron chi connectivity index (χ1n) is 8.97. The second-order valence-electron chi connectivity index (χ2n) is 6.63. The first-order valence-corrected chi connectivity index (χ1v) is 9.34. The van der Waals surface area contributed by atoms with Crippen molar-refractivity contribution in [3.63, 3.8) is 0 Å². The quantitative estimate of drug-likeness (QED) is 0.353. The van der Waals surface area contributed by atoms with E-state index in [0.29, 0.717) is 0 Å². The Kier molecular flexibility index (Phi) is 5.24. The minimum atomic E-state index is -1.21. The molecular formula is C22H14ClF2NO5. The summed E-state index contributed by atoms with van der Waals surface area (Å²) in [7, 11) is 1.38. The molecule has 1 aliphatic rings. The molecule has 1 unspecified atom stereocenters. The number of aliphatic hydroxyl groups is 1. The summed E-state index contributed by atoms with van der Waals surface area (Å²) in [6.45, 7) is 0. The maximum atomic E-state index is 13.9. The highest BCUT2D eigenvalue weighted by atomic mass is 35.5. The van der Waals surface area contributed by atoms with Gasteiger partial charge in [-0.2, -0.15) is 0 Å². The monoisotopic (exact) mass is 445 g/mol. The number of hydrogen-bond donors (Lipinski definition) is 1. The molecule has 6 nitrogen and oxygen atoms in total. The third-order valence-corrected chi connectivity index (χ3v) is 5.18. The van der Waals surface area contributed by atoms with Crippen LogP contribution in [0.25, 0.3) is 5.76 Å². The summed E-state index contributed by atoms with van der Waals surface area (Å²) in [4.78, 5) is 26.7. The third kappa shape index (κ3) is 3.44. The number of aliphatic hydroxyl groups excluding tert-OH is 1. The van der Waals surface area contributed by atoms with Crippen LogP contribution in [-0.2, 0) is 9.59 Å². The van der Waals surface area contributed by atoms with E-state index in [9.17, 15) is 23.5 Å². The topological polar surface area (TPSA) is 80.0 Å². The molecule has 4 rings (SSSR count). The number of ether oxygens (including phenoxy) is 1. The normalized spacial score (nSPS) is 17.9. The van der Waals surface area contributed by atoms with Crippen molar-refractivity contribution in [2.24, 2.45) is 0 Å². The lowest BCUT2D eigenvalue weighted by molar-refractivity contribution is -0.132. The first kappa shape index (κ1) is 20.6. The van der Waals surface area contributed by atoms with Gasteiger partial charge in [0.05, 0.1) is 24.0 Å². The highest BCUT2D eigenvalue weighted by Crippen LogP contribution is 2.43. The van der Waals surface area contributed by atoms with Crippen molar-refractivity contribution < 1.29 is 32.6 Å². The number of amides is 1. The Hall–Kier alpha value is -3.65. The Morgan fingerprint density at radius 3 is 2.55 bits per heavy atom. The second-order valence-corrected chi connectivity index (χ2v) is 7.04. The number of carbonyl (C=O) groups is 2. The van der Waals surface area contributed by atoms with Gasteiger partial charge in [-0.3, -0.25) is 14.5 Å². The molecule has 1 N–H and O–H groups in total. The Morgan fingerprint density at radius 1 is 1.13 bits per heavy atom. The van der Waals surface area contributed by atoms with Crippen LogP contribution in [0.15, 0.2) is 64.8 Å². The van der Waals surface area contributed by atoms with Gasteiger partial charge < -0.3 is 14.3 Å². The smallest absolute Gasteiger partial charge is 0.300 e. The van der Waals surface area contributed by atoms with E-state index in [1.165, 1.54) is 43.7 Å². The zero-order valence-corrected chi connectivity index (χ0v) is 16.7. The number of rotatable bonds is 4. The fraction of sp³-hybridized carbons (Fsp3) is 0.0909. The van der Waals surface area contributed by atoms with E-state index in [1.54, 1.807) is 0 Å². The molecule has 1 aliphatic heterocycles. The van der Waals surface area contributed by atoms with E-state index in [2.05, 4.69) is 0 Å². The number of ketones is 1. The number of carbonyl (C=O) groups excluding carboxylic acids is 2. The van der Waals surface area contributed by atoms with Gasteiger partial charge in [-0.05, 0) is 42.5 Å². The van der Waals surface area contributed by atoms with Gasteiger partial charge in [0.2, 0.25) is 0 Å². The average Bonchev–Trinajstić information content (AvgIpc) is 3.37. The summed E-state index contributed by atoms with van der Waals surface area (Å²) < 4.78 is 37.8. The summed E-state index contributed by atoms with van der Waals surface area (Å²) in [6.07, 6.45) is 1.33. The van der Waals surface area contributed by atoms with Gasteiger partial charge in [-0.1, -0.05) is 11.6 Å². The van der Waals surface area contributed by atoms with E-state index in [4.69, 9.17) is 20.8 Å². The minimum Gasteiger partial charge on any atom is -0.507 e. The molecule has 0 radical (unpaired) electrons. The number of anilines is 1. The Balaban J connectivity index is 1.93. The van der Waals surface area contributed by atoms with E-state index < -0.39 is 35.1 Å². The van der Waals surface area contributed by atoms with Crippen molar-refractivity contribution in [3.8, 4) is 5.75 Å². The van der Waals surface area contributed by atoms with Crippen LogP contribution < -0.4 is 9.64 Å². The van der Waals surface area contributed by atoms with Crippen molar-refractivity contribution in [1.29, 1.82) is 0 Å². The second kappa shape index (κ2) is 7.88. The van der Waals surface area contributed by atoms with Crippen LogP contribution in [0.2, 0.25) is 5.02 Å². The van der Waals surface area contributed by atoms with E-state index in [0.717, 1.165) is 23.1 Å². The summed E-state index contributed by atoms with van der Waals surface area (Å²) in [6, 6.07) is 8.93. The Bertz CT molecular complexity index is 1220. The predicted molar refractivity (Wildman–Crippen MR) is 108 cm³/mol. The van der Waals surface area contributed by atoms with Crippen molar-refractivity contribution in [2.75, 3.05) is 12.0 Å².